The van der Waals surface area contributed by atoms with Crippen LogP contribution in [0.15, 0.2) is 29.8 Å². The Morgan fingerprint density at radius 1 is 1.50 bits per heavy atom. The first-order valence-electron chi connectivity index (χ1n) is 4.74. The number of carbonyl (C=O) groups is 1. The van der Waals surface area contributed by atoms with Crippen LogP contribution in [0.3, 0.4) is 0 Å². The molecule has 0 unspecified atom stereocenters. The minimum Gasteiger partial charge on any atom is -0.398 e. The number of benzene rings is 1. The summed E-state index contributed by atoms with van der Waals surface area (Å²) in [6.45, 7) is 1.87. The standard InChI is InChI=1S/C11H11N3OS/c1-7-3-2-4-8(9(7)12)10(15)14-11-13-5-6-16-11/h2-6H,12H2,1H3,(H,13,14,15). The molecule has 1 heterocycles. The van der Waals surface area contributed by atoms with Crippen molar-refractivity contribution in [3.8, 4) is 0 Å². The number of aromatic nitrogens is 1. The first-order chi connectivity index (χ1) is 7.68. The molecule has 3 N–H and O–H groups in total. The molecule has 0 saturated heterocycles. The lowest BCUT2D eigenvalue weighted by Crippen LogP contribution is -2.14. The number of nitrogen functional groups attached to an aromatic ring is 1. The van der Waals surface area contributed by atoms with Gasteiger partial charge in [-0.25, -0.2) is 4.98 Å². The third-order valence-corrected chi connectivity index (χ3v) is 2.91. The summed E-state index contributed by atoms with van der Waals surface area (Å²) in [5.41, 5.74) is 7.72. The minimum absolute atomic E-state index is 0.226. The van der Waals surface area contributed by atoms with E-state index in [2.05, 4.69) is 10.3 Å². The zero-order chi connectivity index (χ0) is 11.5. The van der Waals surface area contributed by atoms with Gasteiger partial charge in [-0.05, 0) is 18.6 Å². The Kier molecular flexibility index (Phi) is 2.87. The fourth-order valence-electron chi connectivity index (χ4n) is 1.33. The van der Waals surface area contributed by atoms with Gasteiger partial charge in [0.25, 0.3) is 5.91 Å². The number of carbonyl (C=O) groups excluding carboxylic acids is 1. The van der Waals surface area contributed by atoms with E-state index in [1.165, 1.54) is 11.3 Å². The molecule has 0 aliphatic carbocycles. The molecule has 2 aromatic rings. The van der Waals surface area contributed by atoms with Crippen LogP contribution in [0.5, 0.6) is 0 Å². The van der Waals surface area contributed by atoms with Gasteiger partial charge < -0.3 is 5.73 Å². The number of anilines is 2. The normalized spacial score (nSPS) is 10.1. The van der Waals surface area contributed by atoms with Crippen LogP contribution >= 0.6 is 11.3 Å². The van der Waals surface area contributed by atoms with Crippen molar-refractivity contribution in [3.05, 3.63) is 40.9 Å². The molecule has 0 aliphatic rings. The molecule has 0 fully saturated rings. The van der Waals surface area contributed by atoms with E-state index in [4.69, 9.17) is 5.73 Å². The van der Waals surface area contributed by atoms with E-state index in [1.54, 1.807) is 17.6 Å². The van der Waals surface area contributed by atoms with Crippen molar-refractivity contribution in [1.82, 2.24) is 4.98 Å². The molecule has 5 heteroatoms. The molecule has 0 saturated carbocycles. The lowest BCUT2D eigenvalue weighted by atomic mass is 10.1. The Hall–Kier alpha value is -1.88. The summed E-state index contributed by atoms with van der Waals surface area (Å²) in [6, 6.07) is 5.38. The zero-order valence-electron chi connectivity index (χ0n) is 8.73. The Morgan fingerprint density at radius 2 is 2.31 bits per heavy atom. The predicted octanol–water partition coefficient (Wildman–Crippen LogP) is 2.29. The van der Waals surface area contributed by atoms with Crippen molar-refractivity contribution < 1.29 is 4.79 Å². The predicted molar refractivity (Wildman–Crippen MR) is 65.7 cm³/mol. The fourth-order valence-corrected chi connectivity index (χ4v) is 1.85. The highest BCUT2D eigenvalue weighted by atomic mass is 32.1. The number of thiazole rings is 1. The number of aryl methyl sites for hydroxylation is 1. The lowest BCUT2D eigenvalue weighted by molar-refractivity contribution is 0.102. The number of nitrogens with zero attached hydrogens (tertiary/aromatic N) is 1. The van der Waals surface area contributed by atoms with Crippen LogP contribution in [0, 0.1) is 6.92 Å². The van der Waals surface area contributed by atoms with Crippen LogP contribution in [-0.4, -0.2) is 10.9 Å². The number of amides is 1. The van der Waals surface area contributed by atoms with Gasteiger partial charge in [0.05, 0.1) is 5.56 Å². The second-order valence-electron chi connectivity index (χ2n) is 3.33. The number of para-hydroxylation sites is 1. The summed E-state index contributed by atoms with van der Waals surface area (Å²) in [7, 11) is 0. The van der Waals surface area contributed by atoms with Gasteiger partial charge in [0, 0.05) is 17.3 Å². The molecule has 2 rings (SSSR count). The maximum Gasteiger partial charge on any atom is 0.259 e. The van der Waals surface area contributed by atoms with Gasteiger partial charge in [-0.2, -0.15) is 0 Å². The monoisotopic (exact) mass is 233 g/mol. The maximum atomic E-state index is 11.9. The molecule has 1 aromatic heterocycles. The highest BCUT2D eigenvalue weighted by Gasteiger charge is 2.11. The Balaban J connectivity index is 2.24. The van der Waals surface area contributed by atoms with Gasteiger partial charge in [0.15, 0.2) is 5.13 Å². The molecule has 0 atom stereocenters. The topological polar surface area (TPSA) is 68.0 Å². The molecular weight excluding hydrogens is 222 g/mol. The Bertz CT molecular complexity index is 508. The summed E-state index contributed by atoms with van der Waals surface area (Å²) in [6.07, 6.45) is 1.64. The number of hydrogen-bond donors (Lipinski definition) is 2. The van der Waals surface area contributed by atoms with Crippen molar-refractivity contribution in [1.29, 1.82) is 0 Å². The van der Waals surface area contributed by atoms with Crippen LogP contribution in [0.2, 0.25) is 0 Å². The van der Waals surface area contributed by atoms with E-state index in [0.29, 0.717) is 16.4 Å². The smallest absolute Gasteiger partial charge is 0.259 e. The molecule has 0 aliphatic heterocycles. The third-order valence-electron chi connectivity index (χ3n) is 2.22. The first-order valence-corrected chi connectivity index (χ1v) is 5.62. The van der Waals surface area contributed by atoms with Crippen molar-refractivity contribution in [3.63, 3.8) is 0 Å². The summed E-state index contributed by atoms with van der Waals surface area (Å²) in [5, 5.41) is 5.07. The molecule has 0 spiro atoms. The third kappa shape index (κ3) is 2.04. The summed E-state index contributed by atoms with van der Waals surface area (Å²) in [5.74, 6) is -0.226. The highest BCUT2D eigenvalue weighted by molar-refractivity contribution is 7.13. The molecular formula is C11H11N3OS. The van der Waals surface area contributed by atoms with Crippen molar-refractivity contribution in [2.45, 2.75) is 6.92 Å². The maximum absolute atomic E-state index is 11.9. The van der Waals surface area contributed by atoms with Crippen LogP contribution in [0.25, 0.3) is 0 Å². The lowest BCUT2D eigenvalue weighted by Gasteiger charge is -2.07. The van der Waals surface area contributed by atoms with Crippen LogP contribution in [0.4, 0.5) is 10.8 Å². The number of hydrogen-bond acceptors (Lipinski definition) is 4. The van der Waals surface area contributed by atoms with Crippen molar-refractivity contribution in [2.75, 3.05) is 11.1 Å². The second-order valence-corrected chi connectivity index (χ2v) is 4.22. The van der Waals surface area contributed by atoms with Gasteiger partial charge in [0.2, 0.25) is 0 Å². The van der Waals surface area contributed by atoms with Gasteiger partial charge in [-0.1, -0.05) is 12.1 Å². The summed E-state index contributed by atoms with van der Waals surface area (Å²) >= 11 is 1.37. The first kappa shape index (κ1) is 10.6. The second kappa shape index (κ2) is 4.32. The number of nitrogens with two attached hydrogens (primary N) is 1. The average Bonchev–Trinajstić information content (AvgIpc) is 2.74. The van der Waals surface area contributed by atoms with Crippen molar-refractivity contribution >= 4 is 28.1 Å². The molecule has 1 amide bonds. The van der Waals surface area contributed by atoms with Crippen molar-refractivity contribution in [2.24, 2.45) is 0 Å². The van der Waals surface area contributed by atoms with Gasteiger partial charge in [-0.15, -0.1) is 11.3 Å². The van der Waals surface area contributed by atoms with Crippen LogP contribution < -0.4 is 11.1 Å². The van der Waals surface area contributed by atoms with Gasteiger partial charge in [0.1, 0.15) is 0 Å². The van der Waals surface area contributed by atoms with E-state index in [0.717, 1.165) is 5.56 Å². The zero-order valence-corrected chi connectivity index (χ0v) is 9.54. The van der Waals surface area contributed by atoms with Gasteiger partial charge >= 0.3 is 0 Å². The van der Waals surface area contributed by atoms with E-state index < -0.39 is 0 Å². The highest BCUT2D eigenvalue weighted by Crippen LogP contribution is 2.19. The fraction of sp³-hybridized carbons (Fsp3) is 0.0909. The number of nitrogens with one attached hydrogen (secondary N) is 1. The summed E-state index contributed by atoms with van der Waals surface area (Å²) < 4.78 is 0. The number of rotatable bonds is 2. The molecule has 16 heavy (non-hydrogen) atoms. The Morgan fingerprint density at radius 3 is 3.00 bits per heavy atom. The van der Waals surface area contributed by atoms with Crippen LogP contribution in [0.1, 0.15) is 15.9 Å². The quantitative estimate of drug-likeness (QED) is 0.782. The van der Waals surface area contributed by atoms with E-state index in [9.17, 15) is 4.79 Å². The molecule has 82 valence electrons. The Labute approximate surface area is 97.1 Å². The van der Waals surface area contributed by atoms with E-state index >= 15 is 0 Å². The summed E-state index contributed by atoms with van der Waals surface area (Å²) in [4.78, 5) is 15.8. The average molecular weight is 233 g/mol. The van der Waals surface area contributed by atoms with E-state index in [1.807, 2.05) is 19.1 Å². The SMILES string of the molecule is Cc1cccc(C(=O)Nc2nccs2)c1N. The molecule has 0 bridgehead atoms. The van der Waals surface area contributed by atoms with Crippen LogP contribution in [-0.2, 0) is 0 Å². The largest absolute Gasteiger partial charge is 0.398 e. The molecule has 4 nitrogen and oxygen atoms in total. The minimum atomic E-state index is -0.226. The van der Waals surface area contributed by atoms with Gasteiger partial charge in [-0.3, -0.25) is 10.1 Å². The molecule has 1 aromatic carbocycles. The molecule has 0 radical (unpaired) electrons. The van der Waals surface area contributed by atoms with E-state index in [-0.39, 0.29) is 5.91 Å².